The van der Waals surface area contributed by atoms with Gasteiger partial charge in [0, 0.05) is 0 Å². The highest BCUT2D eigenvalue weighted by atomic mass is 32.2. The molecule has 2 aromatic rings. The van der Waals surface area contributed by atoms with Crippen LogP contribution in [0.3, 0.4) is 0 Å². The van der Waals surface area contributed by atoms with Gasteiger partial charge in [-0.3, -0.25) is 0 Å². The van der Waals surface area contributed by atoms with Crippen molar-refractivity contribution < 1.29 is 21.6 Å². The monoisotopic (exact) mass is 344 g/mol. The normalized spacial score (nSPS) is 15.1. The Hall–Kier alpha value is -1.90. The van der Waals surface area contributed by atoms with Crippen molar-refractivity contribution in [3.63, 3.8) is 0 Å². The molecule has 8 heteroatoms. The number of nitrogens with one attached hydrogen (secondary N) is 1. The Morgan fingerprint density at radius 2 is 1.30 bits per heavy atom. The molecular formula is C15H15F3N2O2S. The van der Waals surface area contributed by atoms with Gasteiger partial charge in [0.1, 0.15) is 0 Å². The fourth-order valence-electron chi connectivity index (χ4n) is 2.11. The Labute approximate surface area is 132 Å². The smallest absolute Gasteiger partial charge is 0.322 e. The molecule has 23 heavy (non-hydrogen) atoms. The van der Waals surface area contributed by atoms with Crippen LogP contribution in [0.5, 0.6) is 0 Å². The maximum absolute atomic E-state index is 12.7. The summed E-state index contributed by atoms with van der Waals surface area (Å²) >= 11 is 0. The average molecular weight is 344 g/mol. The minimum atomic E-state index is -5.53. The molecule has 2 atom stereocenters. The molecular weight excluding hydrogens is 329 g/mol. The number of hydrogen-bond acceptors (Lipinski definition) is 3. The second kappa shape index (κ2) is 6.69. The van der Waals surface area contributed by atoms with E-state index in [1.165, 1.54) is 12.1 Å². The summed E-state index contributed by atoms with van der Waals surface area (Å²) in [6.45, 7) is 0. The van der Waals surface area contributed by atoms with Crippen LogP contribution >= 0.6 is 0 Å². The fourth-order valence-corrected chi connectivity index (χ4v) is 2.86. The van der Waals surface area contributed by atoms with Gasteiger partial charge >= 0.3 is 15.5 Å². The lowest BCUT2D eigenvalue weighted by Gasteiger charge is -2.26. The van der Waals surface area contributed by atoms with E-state index in [1.807, 2.05) is 0 Å². The molecule has 4 nitrogen and oxygen atoms in total. The van der Waals surface area contributed by atoms with Crippen molar-refractivity contribution in [1.82, 2.24) is 4.72 Å². The van der Waals surface area contributed by atoms with Gasteiger partial charge in [-0.05, 0) is 11.1 Å². The molecule has 2 aromatic carbocycles. The molecule has 0 radical (unpaired) electrons. The minimum Gasteiger partial charge on any atom is -0.322 e. The van der Waals surface area contributed by atoms with Gasteiger partial charge in [0.2, 0.25) is 0 Å². The Bertz CT molecular complexity index is 734. The molecule has 0 unspecified atom stereocenters. The fraction of sp³-hybridized carbons (Fsp3) is 0.200. The largest absolute Gasteiger partial charge is 0.511 e. The van der Waals surface area contributed by atoms with E-state index >= 15 is 0 Å². The van der Waals surface area contributed by atoms with Crippen LogP contribution in [0, 0.1) is 0 Å². The van der Waals surface area contributed by atoms with Crippen LogP contribution in [0.25, 0.3) is 0 Å². The van der Waals surface area contributed by atoms with Crippen LogP contribution in [0.1, 0.15) is 23.2 Å². The molecule has 0 spiro atoms. The van der Waals surface area contributed by atoms with Gasteiger partial charge < -0.3 is 5.73 Å². The molecule has 0 aliphatic rings. The Kier molecular flexibility index (Phi) is 5.08. The van der Waals surface area contributed by atoms with E-state index in [0.717, 1.165) is 0 Å². The van der Waals surface area contributed by atoms with E-state index < -0.39 is 27.6 Å². The predicted molar refractivity (Wildman–Crippen MR) is 80.7 cm³/mol. The van der Waals surface area contributed by atoms with Crippen molar-refractivity contribution in [3.8, 4) is 0 Å². The standard InChI is InChI=1S/C15H15F3N2O2S/c16-15(17,18)23(21,22)20-14(12-9-5-2-6-10-12)13(19)11-7-3-1-4-8-11/h1-10,13-14,20H,19H2/t13-,14-/m1/s1. The second-order valence-corrected chi connectivity index (χ2v) is 6.60. The van der Waals surface area contributed by atoms with Gasteiger partial charge in [-0.1, -0.05) is 60.7 Å². The summed E-state index contributed by atoms with van der Waals surface area (Å²) in [5, 5.41) is 0. The van der Waals surface area contributed by atoms with E-state index in [9.17, 15) is 21.6 Å². The van der Waals surface area contributed by atoms with Gasteiger partial charge in [-0.2, -0.15) is 17.9 Å². The summed E-state index contributed by atoms with van der Waals surface area (Å²) in [6, 6.07) is 14.0. The summed E-state index contributed by atoms with van der Waals surface area (Å²) in [4.78, 5) is 0. The summed E-state index contributed by atoms with van der Waals surface area (Å²) in [5.41, 5.74) is 1.48. The topological polar surface area (TPSA) is 72.2 Å². The molecule has 0 saturated carbocycles. The molecule has 0 heterocycles. The molecule has 0 fully saturated rings. The number of halogens is 3. The first kappa shape index (κ1) is 17.5. The van der Waals surface area contributed by atoms with Crippen molar-refractivity contribution in [3.05, 3.63) is 71.8 Å². The van der Waals surface area contributed by atoms with Crippen molar-refractivity contribution >= 4 is 10.0 Å². The third-order valence-corrected chi connectivity index (χ3v) is 4.46. The van der Waals surface area contributed by atoms with E-state index in [-0.39, 0.29) is 0 Å². The number of benzene rings is 2. The van der Waals surface area contributed by atoms with Crippen LogP contribution in [0.2, 0.25) is 0 Å². The molecule has 3 N–H and O–H groups in total. The second-order valence-electron chi connectivity index (χ2n) is 4.89. The zero-order valence-corrected chi connectivity index (χ0v) is 12.7. The molecule has 0 amide bonds. The van der Waals surface area contributed by atoms with Gasteiger partial charge in [0.25, 0.3) is 0 Å². The zero-order valence-electron chi connectivity index (χ0n) is 11.9. The van der Waals surface area contributed by atoms with Crippen molar-refractivity contribution in [1.29, 1.82) is 0 Å². The minimum absolute atomic E-state index is 0.344. The maximum atomic E-state index is 12.7. The zero-order chi connectivity index (χ0) is 17.1. The number of alkyl halides is 3. The number of sulfonamides is 1. The summed E-state index contributed by atoms with van der Waals surface area (Å²) in [7, 11) is -5.53. The number of nitrogens with two attached hydrogens (primary N) is 1. The molecule has 0 aliphatic heterocycles. The Balaban J connectivity index is 2.42. The number of rotatable bonds is 5. The van der Waals surface area contributed by atoms with Crippen LogP contribution in [0.15, 0.2) is 60.7 Å². The lowest BCUT2D eigenvalue weighted by Crippen LogP contribution is -2.42. The lowest BCUT2D eigenvalue weighted by molar-refractivity contribution is -0.0451. The van der Waals surface area contributed by atoms with E-state index in [1.54, 1.807) is 53.3 Å². The third kappa shape index (κ3) is 4.10. The van der Waals surface area contributed by atoms with Gasteiger partial charge in [-0.25, -0.2) is 8.42 Å². The third-order valence-electron chi connectivity index (χ3n) is 3.29. The summed E-state index contributed by atoms with van der Waals surface area (Å²) in [6.07, 6.45) is 0. The average Bonchev–Trinajstić information content (AvgIpc) is 2.52. The molecule has 124 valence electrons. The first-order valence-corrected chi connectivity index (χ1v) is 8.15. The van der Waals surface area contributed by atoms with Gasteiger partial charge in [0.05, 0.1) is 12.1 Å². The van der Waals surface area contributed by atoms with E-state index in [0.29, 0.717) is 11.1 Å². The first-order valence-electron chi connectivity index (χ1n) is 6.66. The van der Waals surface area contributed by atoms with E-state index in [2.05, 4.69) is 0 Å². The molecule has 0 aromatic heterocycles. The highest BCUT2D eigenvalue weighted by molar-refractivity contribution is 7.90. The summed E-state index contributed by atoms with van der Waals surface area (Å²) in [5.74, 6) is 0. The van der Waals surface area contributed by atoms with Crippen LogP contribution < -0.4 is 10.5 Å². The van der Waals surface area contributed by atoms with Crippen molar-refractivity contribution in [2.75, 3.05) is 0 Å². The predicted octanol–water partition coefficient (Wildman–Crippen LogP) is 2.87. The maximum Gasteiger partial charge on any atom is 0.511 e. The lowest BCUT2D eigenvalue weighted by atomic mass is 9.95. The SMILES string of the molecule is N[C@H](c1ccccc1)[C@H](NS(=O)(=O)C(F)(F)F)c1ccccc1. The molecule has 0 aliphatic carbocycles. The molecule has 0 bridgehead atoms. The first-order chi connectivity index (χ1) is 10.7. The van der Waals surface area contributed by atoms with Crippen LogP contribution in [-0.4, -0.2) is 13.9 Å². The van der Waals surface area contributed by atoms with Crippen molar-refractivity contribution in [2.24, 2.45) is 5.73 Å². The van der Waals surface area contributed by atoms with E-state index in [4.69, 9.17) is 5.73 Å². The highest BCUT2D eigenvalue weighted by Crippen LogP contribution is 2.31. The Morgan fingerprint density at radius 1 is 0.870 bits per heavy atom. The summed E-state index contributed by atoms with van der Waals surface area (Å²) < 4.78 is 62.7. The van der Waals surface area contributed by atoms with Crippen LogP contribution in [0.4, 0.5) is 13.2 Å². The quantitative estimate of drug-likeness (QED) is 0.876. The molecule has 0 saturated heterocycles. The Morgan fingerprint density at radius 3 is 1.74 bits per heavy atom. The van der Waals surface area contributed by atoms with Crippen LogP contribution in [-0.2, 0) is 10.0 Å². The van der Waals surface area contributed by atoms with Gasteiger partial charge in [-0.15, -0.1) is 0 Å². The molecule has 2 rings (SSSR count). The van der Waals surface area contributed by atoms with Gasteiger partial charge in [0.15, 0.2) is 0 Å². The number of hydrogen-bond donors (Lipinski definition) is 2. The highest BCUT2D eigenvalue weighted by Gasteiger charge is 2.47. The van der Waals surface area contributed by atoms with Crippen molar-refractivity contribution in [2.45, 2.75) is 17.6 Å².